The molecule has 1 atom stereocenters. The lowest BCUT2D eigenvalue weighted by molar-refractivity contribution is -0.138. The van der Waals surface area contributed by atoms with Gasteiger partial charge in [-0.2, -0.15) is 11.8 Å². The summed E-state index contributed by atoms with van der Waals surface area (Å²) in [6, 6.07) is 15.5. The molecule has 3 rings (SSSR count). The summed E-state index contributed by atoms with van der Waals surface area (Å²) in [6.07, 6.45) is 2.12. The molecule has 0 spiro atoms. The van der Waals surface area contributed by atoms with Crippen molar-refractivity contribution in [2.45, 2.75) is 31.2 Å². The maximum absolute atomic E-state index is 12.8. The van der Waals surface area contributed by atoms with E-state index in [1.54, 1.807) is 18.8 Å². The number of benzene rings is 2. The predicted octanol–water partition coefficient (Wildman–Crippen LogP) is 3.97. The normalized spacial score (nSPS) is 13.0. The topological polar surface area (TPSA) is 95.9 Å². The molecule has 2 aromatic rings. The number of carbonyl (C=O) groups is 3. The Balaban J connectivity index is 1.61. The summed E-state index contributed by atoms with van der Waals surface area (Å²) in [5.74, 6) is -0.500. The molecule has 0 unspecified atom stereocenters. The molecule has 176 valence electrons. The molecule has 0 heterocycles. The van der Waals surface area contributed by atoms with Gasteiger partial charge in [-0.3, -0.25) is 9.59 Å². The van der Waals surface area contributed by atoms with Gasteiger partial charge in [0.05, 0.1) is 0 Å². The number of likely N-dealkylation sites (N-methyl/N-ethyl adjacent to an activating group) is 1. The van der Waals surface area contributed by atoms with Crippen molar-refractivity contribution in [2.75, 3.05) is 32.2 Å². The van der Waals surface area contributed by atoms with E-state index in [0.717, 1.165) is 22.3 Å². The average Bonchev–Trinajstić information content (AvgIpc) is 3.13. The highest BCUT2D eigenvalue weighted by atomic mass is 32.2. The van der Waals surface area contributed by atoms with Gasteiger partial charge in [0.15, 0.2) is 0 Å². The van der Waals surface area contributed by atoms with Crippen LogP contribution >= 0.6 is 11.8 Å². The number of nitrogens with one attached hydrogen (secondary N) is 1. The molecule has 0 aromatic heterocycles. The monoisotopic (exact) mass is 470 g/mol. The van der Waals surface area contributed by atoms with Crippen molar-refractivity contribution in [1.82, 2.24) is 10.2 Å². The van der Waals surface area contributed by atoms with Crippen LogP contribution in [-0.2, 0) is 14.3 Å². The van der Waals surface area contributed by atoms with Crippen molar-refractivity contribution < 1.29 is 24.2 Å². The molecule has 2 aromatic carbocycles. The number of rotatable bonds is 11. The van der Waals surface area contributed by atoms with Gasteiger partial charge in [-0.05, 0) is 47.1 Å². The SMILES string of the molecule is CSCC[C@@H](NC(=O)OCC1c2ccccc2-c2ccccc21)C(=O)N(C)CCCC(=O)O. The first-order valence-corrected chi connectivity index (χ1v) is 12.4. The number of carboxylic acids is 1. The smallest absolute Gasteiger partial charge is 0.407 e. The van der Waals surface area contributed by atoms with E-state index in [9.17, 15) is 14.4 Å². The van der Waals surface area contributed by atoms with Gasteiger partial charge in [0, 0.05) is 25.9 Å². The molecular weight excluding hydrogens is 440 g/mol. The molecule has 1 aliphatic rings. The van der Waals surface area contributed by atoms with Crippen LogP contribution in [0.2, 0.25) is 0 Å². The standard InChI is InChI=1S/C25H30N2O5S/c1-27(14-7-12-23(28)29)24(30)22(13-15-33-2)26-25(31)32-16-21-19-10-5-3-8-17(19)18-9-4-6-11-20(18)21/h3-6,8-11,21-22H,7,12-16H2,1-2H3,(H,26,31)(H,28,29)/t22-/m1/s1. The van der Waals surface area contributed by atoms with Crippen LogP contribution in [0, 0.1) is 0 Å². The molecule has 8 heteroatoms. The molecule has 0 fully saturated rings. The third kappa shape index (κ3) is 6.28. The second kappa shape index (κ2) is 11.7. The van der Waals surface area contributed by atoms with Crippen LogP contribution in [0.25, 0.3) is 11.1 Å². The van der Waals surface area contributed by atoms with Gasteiger partial charge in [0.1, 0.15) is 12.6 Å². The van der Waals surface area contributed by atoms with E-state index in [2.05, 4.69) is 29.6 Å². The zero-order valence-corrected chi connectivity index (χ0v) is 19.8. The van der Waals surface area contributed by atoms with Crippen LogP contribution < -0.4 is 5.32 Å². The molecule has 0 saturated heterocycles. The number of amides is 2. The number of fused-ring (bicyclic) bond motifs is 3. The lowest BCUT2D eigenvalue weighted by Crippen LogP contribution is -2.48. The van der Waals surface area contributed by atoms with Crippen LogP contribution in [0.4, 0.5) is 4.79 Å². The van der Waals surface area contributed by atoms with Crippen LogP contribution in [0.15, 0.2) is 48.5 Å². The van der Waals surface area contributed by atoms with Gasteiger partial charge in [-0.1, -0.05) is 48.5 Å². The van der Waals surface area contributed by atoms with Crippen molar-refractivity contribution in [1.29, 1.82) is 0 Å². The van der Waals surface area contributed by atoms with E-state index in [4.69, 9.17) is 9.84 Å². The second-order valence-electron chi connectivity index (χ2n) is 8.06. The Kier molecular flexibility index (Phi) is 8.77. The third-order valence-corrected chi connectivity index (χ3v) is 6.45. The first kappa shape index (κ1) is 24.6. The number of hydrogen-bond donors (Lipinski definition) is 2. The Bertz CT molecular complexity index is 951. The summed E-state index contributed by atoms with van der Waals surface area (Å²) >= 11 is 1.59. The lowest BCUT2D eigenvalue weighted by atomic mass is 9.98. The molecule has 0 bridgehead atoms. The largest absolute Gasteiger partial charge is 0.481 e. The highest BCUT2D eigenvalue weighted by molar-refractivity contribution is 7.98. The van der Waals surface area contributed by atoms with Crippen molar-refractivity contribution in [3.05, 3.63) is 59.7 Å². The van der Waals surface area contributed by atoms with Gasteiger partial charge in [-0.25, -0.2) is 4.79 Å². The van der Waals surface area contributed by atoms with Crippen molar-refractivity contribution >= 4 is 29.7 Å². The lowest BCUT2D eigenvalue weighted by Gasteiger charge is -2.24. The number of aliphatic carboxylic acids is 1. The molecule has 2 N–H and O–H groups in total. The Hall–Kier alpha value is -3.00. The molecule has 7 nitrogen and oxygen atoms in total. The number of carboxylic acid groups (broad SMARTS) is 1. The van der Waals surface area contributed by atoms with Gasteiger partial charge >= 0.3 is 12.1 Å². The molecule has 0 saturated carbocycles. The zero-order chi connectivity index (χ0) is 23.8. The van der Waals surface area contributed by atoms with Crippen LogP contribution in [0.3, 0.4) is 0 Å². The summed E-state index contributed by atoms with van der Waals surface area (Å²) < 4.78 is 5.59. The fraction of sp³-hybridized carbons (Fsp3) is 0.400. The van der Waals surface area contributed by atoms with Crippen molar-refractivity contribution in [3.63, 3.8) is 0 Å². The van der Waals surface area contributed by atoms with Gasteiger partial charge in [0.25, 0.3) is 0 Å². The molecule has 1 aliphatic carbocycles. The number of nitrogens with zero attached hydrogens (tertiary/aromatic N) is 1. The second-order valence-corrected chi connectivity index (χ2v) is 9.05. The number of hydrogen-bond acceptors (Lipinski definition) is 5. The van der Waals surface area contributed by atoms with Gasteiger partial charge < -0.3 is 20.1 Å². The van der Waals surface area contributed by atoms with E-state index in [0.29, 0.717) is 25.1 Å². The Morgan fingerprint density at radius 1 is 1.09 bits per heavy atom. The fourth-order valence-corrected chi connectivity index (χ4v) is 4.59. The van der Waals surface area contributed by atoms with E-state index < -0.39 is 18.1 Å². The van der Waals surface area contributed by atoms with E-state index >= 15 is 0 Å². The van der Waals surface area contributed by atoms with Crippen molar-refractivity contribution in [2.24, 2.45) is 0 Å². The van der Waals surface area contributed by atoms with E-state index in [-0.39, 0.29) is 24.9 Å². The minimum Gasteiger partial charge on any atom is -0.481 e. The third-order valence-electron chi connectivity index (χ3n) is 5.80. The quantitative estimate of drug-likeness (QED) is 0.516. The number of thioether (sulfide) groups is 1. The van der Waals surface area contributed by atoms with Crippen molar-refractivity contribution in [3.8, 4) is 11.1 Å². The summed E-state index contributed by atoms with van der Waals surface area (Å²) in [5, 5.41) is 11.5. The first-order valence-electron chi connectivity index (χ1n) is 11.0. The summed E-state index contributed by atoms with van der Waals surface area (Å²) in [4.78, 5) is 37.7. The molecule has 33 heavy (non-hydrogen) atoms. The van der Waals surface area contributed by atoms with Gasteiger partial charge in [-0.15, -0.1) is 0 Å². The minimum atomic E-state index is -0.897. The Morgan fingerprint density at radius 3 is 2.27 bits per heavy atom. The fourth-order valence-electron chi connectivity index (χ4n) is 4.12. The number of alkyl carbamates (subject to hydrolysis) is 1. The summed E-state index contributed by atoms with van der Waals surface area (Å²) in [6.45, 7) is 0.491. The Morgan fingerprint density at radius 2 is 1.70 bits per heavy atom. The van der Waals surface area contributed by atoms with Crippen LogP contribution in [-0.4, -0.2) is 66.2 Å². The maximum Gasteiger partial charge on any atom is 0.407 e. The Labute approximate surface area is 198 Å². The van der Waals surface area contributed by atoms with Gasteiger partial charge in [0.2, 0.25) is 5.91 Å². The molecular formula is C25H30N2O5S. The highest BCUT2D eigenvalue weighted by Gasteiger charge is 2.30. The first-order chi connectivity index (χ1) is 15.9. The molecule has 0 aliphatic heterocycles. The summed E-state index contributed by atoms with van der Waals surface area (Å²) in [5.41, 5.74) is 4.55. The number of carbonyl (C=O) groups excluding carboxylic acids is 2. The molecule has 0 radical (unpaired) electrons. The van der Waals surface area contributed by atoms with E-state index in [1.165, 1.54) is 4.90 Å². The summed E-state index contributed by atoms with van der Waals surface area (Å²) in [7, 11) is 1.62. The van der Waals surface area contributed by atoms with Crippen LogP contribution in [0.5, 0.6) is 0 Å². The maximum atomic E-state index is 12.8. The zero-order valence-electron chi connectivity index (χ0n) is 19.0. The molecule has 2 amide bonds. The highest BCUT2D eigenvalue weighted by Crippen LogP contribution is 2.44. The predicted molar refractivity (Wildman–Crippen MR) is 129 cm³/mol. The average molecular weight is 471 g/mol. The number of ether oxygens (including phenoxy) is 1. The van der Waals surface area contributed by atoms with Crippen LogP contribution in [0.1, 0.15) is 36.3 Å². The minimum absolute atomic E-state index is 0.00704. The van der Waals surface area contributed by atoms with E-state index in [1.807, 2.05) is 30.5 Å².